The SMILES string of the molecule is CCCNCc1sc(C(OC)C(C)C)nc1C. The summed E-state index contributed by atoms with van der Waals surface area (Å²) in [7, 11) is 1.76. The normalized spacial score (nSPS) is 13.3. The summed E-state index contributed by atoms with van der Waals surface area (Å²) in [6.07, 6.45) is 1.29. The molecule has 3 nitrogen and oxygen atoms in total. The lowest BCUT2D eigenvalue weighted by atomic mass is 10.1. The van der Waals surface area contributed by atoms with Crippen LogP contribution in [-0.2, 0) is 11.3 Å². The van der Waals surface area contributed by atoms with Crippen LogP contribution < -0.4 is 5.32 Å². The maximum absolute atomic E-state index is 5.52. The van der Waals surface area contributed by atoms with Gasteiger partial charge >= 0.3 is 0 Å². The van der Waals surface area contributed by atoms with Crippen LogP contribution in [0.4, 0.5) is 0 Å². The molecule has 0 saturated carbocycles. The van der Waals surface area contributed by atoms with Crippen LogP contribution in [0.3, 0.4) is 0 Å². The molecule has 0 aromatic carbocycles. The van der Waals surface area contributed by atoms with E-state index in [2.05, 4.69) is 38.0 Å². The molecule has 1 heterocycles. The number of thiazole rings is 1. The number of rotatable bonds is 7. The minimum absolute atomic E-state index is 0.124. The van der Waals surface area contributed by atoms with Crippen molar-refractivity contribution in [3.8, 4) is 0 Å². The van der Waals surface area contributed by atoms with Gasteiger partial charge in [0.25, 0.3) is 0 Å². The number of aromatic nitrogens is 1. The maximum Gasteiger partial charge on any atom is 0.122 e. The van der Waals surface area contributed by atoms with Crippen LogP contribution in [0.2, 0.25) is 0 Å². The van der Waals surface area contributed by atoms with Gasteiger partial charge in [-0.25, -0.2) is 4.98 Å². The van der Waals surface area contributed by atoms with Crippen LogP contribution >= 0.6 is 11.3 Å². The number of hydrogen-bond donors (Lipinski definition) is 1. The molecule has 1 unspecified atom stereocenters. The Kier molecular flexibility index (Phi) is 6.09. The van der Waals surface area contributed by atoms with E-state index >= 15 is 0 Å². The van der Waals surface area contributed by atoms with Gasteiger partial charge in [-0.1, -0.05) is 20.8 Å². The predicted octanol–water partition coefficient (Wildman–Crippen LogP) is 3.29. The zero-order valence-corrected chi connectivity index (χ0v) is 12.4. The molecule has 1 aromatic heterocycles. The highest BCUT2D eigenvalue weighted by molar-refractivity contribution is 7.11. The van der Waals surface area contributed by atoms with E-state index in [0.717, 1.165) is 30.2 Å². The molecule has 1 aromatic rings. The van der Waals surface area contributed by atoms with Crippen LogP contribution in [0, 0.1) is 12.8 Å². The molecule has 1 atom stereocenters. The summed E-state index contributed by atoms with van der Waals surface area (Å²) < 4.78 is 5.52. The smallest absolute Gasteiger partial charge is 0.122 e. The van der Waals surface area contributed by atoms with Crippen molar-refractivity contribution in [3.63, 3.8) is 0 Å². The van der Waals surface area contributed by atoms with Gasteiger partial charge in [0.15, 0.2) is 0 Å². The van der Waals surface area contributed by atoms with E-state index in [9.17, 15) is 0 Å². The van der Waals surface area contributed by atoms with E-state index in [4.69, 9.17) is 4.74 Å². The fourth-order valence-corrected chi connectivity index (χ4v) is 3.06. The number of nitrogens with zero attached hydrogens (tertiary/aromatic N) is 1. The summed E-state index contributed by atoms with van der Waals surface area (Å²) in [5, 5.41) is 4.53. The first-order chi connectivity index (χ1) is 8.10. The third-order valence-electron chi connectivity index (χ3n) is 2.72. The molecule has 0 amide bonds. The van der Waals surface area contributed by atoms with Gasteiger partial charge in [0, 0.05) is 18.5 Å². The molecule has 17 heavy (non-hydrogen) atoms. The number of hydrogen-bond acceptors (Lipinski definition) is 4. The Balaban J connectivity index is 2.72. The van der Waals surface area contributed by atoms with Crippen LogP contribution in [0.15, 0.2) is 0 Å². The molecule has 0 spiro atoms. The van der Waals surface area contributed by atoms with Crippen molar-refractivity contribution < 1.29 is 4.74 Å². The van der Waals surface area contributed by atoms with Gasteiger partial charge in [-0.3, -0.25) is 0 Å². The Morgan fingerprint density at radius 2 is 2.12 bits per heavy atom. The van der Waals surface area contributed by atoms with Gasteiger partial charge in [0.2, 0.25) is 0 Å². The van der Waals surface area contributed by atoms with Crippen LogP contribution in [-0.4, -0.2) is 18.6 Å². The van der Waals surface area contributed by atoms with E-state index in [1.807, 2.05) is 0 Å². The molecular formula is C13H24N2OS. The number of nitrogens with one attached hydrogen (secondary N) is 1. The average Bonchev–Trinajstić information content (AvgIpc) is 2.61. The highest BCUT2D eigenvalue weighted by Gasteiger charge is 2.20. The minimum Gasteiger partial charge on any atom is -0.374 e. The van der Waals surface area contributed by atoms with E-state index < -0.39 is 0 Å². The summed E-state index contributed by atoms with van der Waals surface area (Å²) in [6, 6.07) is 0. The summed E-state index contributed by atoms with van der Waals surface area (Å²) in [5.41, 5.74) is 1.14. The van der Waals surface area contributed by atoms with Gasteiger partial charge in [0.1, 0.15) is 11.1 Å². The summed E-state index contributed by atoms with van der Waals surface area (Å²) >= 11 is 1.77. The van der Waals surface area contributed by atoms with Crippen molar-refractivity contribution in [1.82, 2.24) is 10.3 Å². The Morgan fingerprint density at radius 3 is 2.65 bits per heavy atom. The van der Waals surface area contributed by atoms with Crippen LogP contribution in [0.5, 0.6) is 0 Å². The minimum atomic E-state index is 0.124. The van der Waals surface area contributed by atoms with E-state index in [1.165, 1.54) is 4.88 Å². The lowest BCUT2D eigenvalue weighted by Gasteiger charge is -2.15. The Morgan fingerprint density at radius 1 is 1.41 bits per heavy atom. The van der Waals surface area contributed by atoms with Crippen molar-refractivity contribution in [2.24, 2.45) is 5.92 Å². The van der Waals surface area contributed by atoms with Crippen molar-refractivity contribution in [1.29, 1.82) is 0 Å². The molecule has 4 heteroatoms. The lowest BCUT2D eigenvalue weighted by molar-refractivity contribution is 0.0643. The molecule has 0 saturated heterocycles. The Hall–Kier alpha value is -0.450. The third-order valence-corrected chi connectivity index (χ3v) is 3.94. The monoisotopic (exact) mass is 256 g/mol. The molecule has 98 valence electrons. The van der Waals surface area contributed by atoms with Crippen molar-refractivity contribution in [3.05, 3.63) is 15.6 Å². The molecule has 0 fully saturated rings. The molecule has 1 N–H and O–H groups in total. The largest absolute Gasteiger partial charge is 0.374 e. The van der Waals surface area contributed by atoms with E-state index in [0.29, 0.717) is 5.92 Å². The first-order valence-electron chi connectivity index (χ1n) is 6.29. The van der Waals surface area contributed by atoms with Gasteiger partial charge in [-0.15, -0.1) is 11.3 Å². The molecule has 0 bridgehead atoms. The topological polar surface area (TPSA) is 34.1 Å². The molecule has 0 aliphatic carbocycles. The number of aryl methyl sites for hydroxylation is 1. The molecule has 1 rings (SSSR count). The van der Waals surface area contributed by atoms with Crippen LogP contribution in [0.1, 0.15) is 48.9 Å². The van der Waals surface area contributed by atoms with Crippen molar-refractivity contribution in [2.45, 2.75) is 46.8 Å². The predicted molar refractivity (Wildman–Crippen MR) is 73.4 cm³/mol. The van der Waals surface area contributed by atoms with Crippen molar-refractivity contribution >= 4 is 11.3 Å². The summed E-state index contributed by atoms with van der Waals surface area (Å²) in [6.45, 7) is 10.6. The quantitative estimate of drug-likeness (QED) is 0.760. The summed E-state index contributed by atoms with van der Waals surface area (Å²) in [5.74, 6) is 0.460. The highest BCUT2D eigenvalue weighted by atomic mass is 32.1. The van der Waals surface area contributed by atoms with Crippen LogP contribution in [0.25, 0.3) is 0 Å². The van der Waals surface area contributed by atoms with E-state index in [1.54, 1.807) is 18.4 Å². The zero-order chi connectivity index (χ0) is 12.8. The number of methoxy groups -OCH3 is 1. The standard InChI is InChI=1S/C13H24N2OS/c1-6-7-14-8-11-10(4)15-13(17-11)12(16-5)9(2)3/h9,12,14H,6-8H2,1-5H3. The third kappa shape index (κ3) is 4.05. The fraction of sp³-hybridized carbons (Fsp3) is 0.769. The average molecular weight is 256 g/mol. The fourth-order valence-electron chi connectivity index (χ4n) is 1.77. The molecule has 0 aliphatic rings. The molecular weight excluding hydrogens is 232 g/mol. The second kappa shape index (κ2) is 7.09. The van der Waals surface area contributed by atoms with Gasteiger partial charge in [0.05, 0.1) is 5.69 Å². The first kappa shape index (κ1) is 14.6. The Bertz CT molecular complexity index is 336. The van der Waals surface area contributed by atoms with Gasteiger partial charge < -0.3 is 10.1 Å². The summed E-state index contributed by atoms with van der Waals surface area (Å²) in [4.78, 5) is 5.97. The highest BCUT2D eigenvalue weighted by Crippen LogP contribution is 2.30. The first-order valence-corrected chi connectivity index (χ1v) is 7.11. The maximum atomic E-state index is 5.52. The van der Waals surface area contributed by atoms with E-state index in [-0.39, 0.29) is 6.10 Å². The molecule has 0 radical (unpaired) electrons. The Labute approximate surface area is 109 Å². The number of ether oxygens (including phenoxy) is 1. The van der Waals surface area contributed by atoms with Crippen molar-refractivity contribution in [2.75, 3.05) is 13.7 Å². The molecule has 0 aliphatic heterocycles. The zero-order valence-electron chi connectivity index (χ0n) is 11.5. The lowest BCUT2D eigenvalue weighted by Crippen LogP contribution is -2.13. The van der Waals surface area contributed by atoms with Gasteiger partial charge in [-0.05, 0) is 25.8 Å². The second-order valence-corrected chi connectivity index (χ2v) is 5.75. The second-order valence-electron chi connectivity index (χ2n) is 4.64. The van der Waals surface area contributed by atoms with Gasteiger partial charge in [-0.2, -0.15) is 0 Å².